The number of hydrogen-bond acceptors (Lipinski definition) is 4. The molecule has 5 nitrogen and oxygen atoms in total. The van der Waals surface area contributed by atoms with Crippen LogP contribution < -0.4 is 10.1 Å². The van der Waals surface area contributed by atoms with E-state index in [0.717, 1.165) is 41.1 Å². The fraction of sp³-hybridized carbons (Fsp3) is 0.500. The SMILES string of the molecule is Cc1nn(CCO)c(C)c1CN[C@H]1CCCOc2ccc(F)cc21. The molecule has 0 amide bonds. The van der Waals surface area contributed by atoms with Gasteiger partial charge < -0.3 is 15.2 Å². The fourth-order valence-corrected chi connectivity index (χ4v) is 3.29. The van der Waals surface area contributed by atoms with Crippen molar-refractivity contribution in [1.29, 1.82) is 0 Å². The quantitative estimate of drug-likeness (QED) is 0.883. The Morgan fingerprint density at radius 2 is 2.25 bits per heavy atom. The predicted molar refractivity (Wildman–Crippen MR) is 89.5 cm³/mol. The van der Waals surface area contributed by atoms with Crippen LogP contribution in [0.15, 0.2) is 18.2 Å². The lowest BCUT2D eigenvalue weighted by atomic mass is 10.0. The predicted octanol–water partition coefficient (Wildman–Crippen LogP) is 2.63. The Morgan fingerprint density at radius 3 is 3.04 bits per heavy atom. The summed E-state index contributed by atoms with van der Waals surface area (Å²) in [7, 11) is 0. The van der Waals surface area contributed by atoms with E-state index < -0.39 is 0 Å². The molecule has 0 spiro atoms. The maximum Gasteiger partial charge on any atom is 0.124 e. The van der Waals surface area contributed by atoms with Crippen molar-refractivity contribution in [3.63, 3.8) is 0 Å². The molecule has 6 heteroatoms. The van der Waals surface area contributed by atoms with Gasteiger partial charge in [-0.05, 0) is 44.9 Å². The largest absolute Gasteiger partial charge is 0.493 e. The molecule has 0 unspecified atom stereocenters. The maximum atomic E-state index is 13.7. The molecule has 0 radical (unpaired) electrons. The number of hydrogen-bond donors (Lipinski definition) is 2. The maximum absolute atomic E-state index is 13.7. The zero-order valence-corrected chi connectivity index (χ0v) is 14.2. The first-order chi connectivity index (χ1) is 11.6. The topological polar surface area (TPSA) is 59.3 Å². The average molecular weight is 333 g/mol. The van der Waals surface area contributed by atoms with Crippen LogP contribution in [0.4, 0.5) is 4.39 Å². The number of benzene rings is 1. The molecule has 130 valence electrons. The van der Waals surface area contributed by atoms with Crippen molar-refractivity contribution in [3.05, 3.63) is 46.5 Å². The van der Waals surface area contributed by atoms with Crippen LogP contribution in [0.1, 0.15) is 41.4 Å². The lowest BCUT2D eigenvalue weighted by molar-refractivity contribution is 0.267. The molecule has 2 heterocycles. The number of ether oxygens (including phenoxy) is 1. The summed E-state index contributed by atoms with van der Waals surface area (Å²) in [6, 6.07) is 4.76. The molecular weight excluding hydrogens is 309 g/mol. The fourth-order valence-electron chi connectivity index (χ4n) is 3.29. The van der Waals surface area contributed by atoms with E-state index in [2.05, 4.69) is 10.4 Å². The van der Waals surface area contributed by atoms with Crippen LogP contribution in [0, 0.1) is 19.7 Å². The second-order valence-electron chi connectivity index (χ2n) is 6.20. The third kappa shape index (κ3) is 3.44. The molecule has 0 bridgehead atoms. The number of aromatic nitrogens is 2. The van der Waals surface area contributed by atoms with Crippen LogP contribution in [0.5, 0.6) is 5.75 Å². The summed E-state index contributed by atoms with van der Waals surface area (Å²) in [5, 5.41) is 17.1. The number of halogens is 1. The highest BCUT2D eigenvalue weighted by Gasteiger charge is 2.21. The minimum atomic E-state index is -0.242. The van der Waals surface area contributed by atoms with E-state index in [9.17, 15) is 4.39 Å². The van der Waals surface area contributed by atoms with Crippen LogP contribution in [-0.2, 0) is 13.1 Å². The molecule has 0 saturated heterocycles. The molecule has 1 atom stereocenters. The summed E-state index contributed by atoms with van der Waals surface area (Å²) < 4.78 is 21.2. The van der Waals surface area contributed by atoms with Gasteiger partial charge in [-0.2, -0.15) is 5.10 Å². The monoisotopic (exact) mass is 333 g/mol. The van der Waals surface area contributed by atoms with E-state index in [1.807, 2.05) is 18.5 Å². The van der Waals surface area contributed by atoms with Crippen LogP contribution >= 0.6 is 0 Å². The highest BCUT2D eigenvalue weighted by molar-refractivity contribution is 5.37. The van der Waals surface area contributed by atoms with Gasteiger partial charge in [0, 0.05) is 29.4 Å². The Balaban J connectivity index is 1.79. The van der Waals surface area contributed by atoms with Gasteiger partial charge in [0.2, 0.25) is 0 Å². The number of nitrogens with one attached hydrogen (secondary N) is 1. The van der Waals surface area contributed by atoms with Crippen molar-refractivity contribution in [2.75, 3.05) is 13.2 Å². The van der Waals surface area contributed by atoms with Crippen molar-refractivity contribution < 1.29 is 14.2 Å². The average Bonchev–Trinajstić information content (AvgIpc) is 2.73. The van der Waals surface area contributed by atoms with Crippen LogP contribution in [0.3, 0.4) is 0 Å². The number of aliphatic hydroxyl groups excluding tert-OH is 1. The Hall–Kier alpha value is -1.92. The second kappa shape index (κ2) is 7.32. The summed E-state index contributed by atoms with van der Waals surface area (Å²) in [6.45, 7) is 5.87. The van der Waals surface area contributed by atoms with Crippen LogP contribution in [0.2, 0.25) is 0 Å². The van der Waals surface area contributed by atoms with Crippen molar-refractivity contribution in [2.45, 2.75) is 45.8 Å². The highest BCUT2D eigenvalue weighted by atomic mass is 19.1. The van der Waals surface area contributed by atoms with Gasteiger partial charge in [-0.25, -0.2) is 4.39 Å². The van der Waals surface area contributed by atoms with Gasteiger partial charge in [0.1, 0.15) is 11.6 Å². The Morgan fingerprint density at radius 1 is 1.42 bits per heavy atom. The van der Waals surface area contributed by atoms with Gasteiger partial charge in [-0.1, -0.05) is 0 Å². The van der Waals surface area contributed by atoms with E-state index >= 15 is 0 Å². The molecule has 1 aliphatic heterocycles. The van der Waals surface area contributed by atoms with Crippen molar-refractivity contribution in [2.24, 2.45) is 0 Å². The van der Waals surface area contributed by atoms with E-state index in [4.69, 9.17) is 9.84 Å². The van der Waals surface area contributed by atoms with E-state index in [-0.39, 0.29) is 18.5 Å². The van der Waals surface area contributed by atoms with E-state index in [1.165, 1.54) is 6.07 Å². The molecule has 24 heavy (non-hydrogen) atoms. The van der Waals surface area contributed by atoms with Gasteiger partial charge >= 0.3 is 0 Å². The number of rotatable bonds is 5. The first-order valence-corrected chi connectivity index (χ1v) is 8.39. The Bertz CT molecular complexity index is 715. The molecular formula is C18H24FN3O2. The lowest BCUT2D eigenvalue weighted by Crippen LogP contribution is -2.21. The van der Waals surface area contributed by atoms with E-state index in [1.54, 1.807) is 12.1 Å². The highest BCUT2D eigenvalue weighted by Crippen LogP contribution is 2.32. The Kier molecular flexibility index (Phi) is 5.16. The lowest BCUT2D eigenvalue weighted by Gasteiger charge is -2.19. The molecule has 1 aliphatic rings. The van der Waals surface area contributed by atoms with Crippen LogP contribution in [-0.4, -0.2) is 28.1 Å². The summed E-state index contributed by atoms with van der Waals surface area (Å²) in [5.41, 5.74) is 4.02. The van der Waals surface area contributed by atoms with Gasteiger partial charge in [0.15, 0.2) is 0 Å². The Labute approximate surface area is 141 Å². The molecule has 0 aliphatic carbocycles. The molecule has 3 rings (SSSR count). The smallest absolute Gasteiger partial charge is 0.124 e. The number of aryl methyl sites for hydroxylation is 1. The van der Waals surface area contributed by atoms with Gasteiger partial charge in [0.25, 0.3) is 0 Å². The van der Waals surface area contributed by atoms with Gasteiger partial charge in [-0.15, -0.1) is 0 Å². The minimum absolute atomic E-state index is 0.0539. The summed E-state index contributed by atoms with van der Waals surface area (Å²) in [6.07, 6.45) is 1.83. The molecule has 1 aromatic heterocycles. The zero-order chi connectivity index (χ0) is 17.1. The van der Waals surface area contributed by atoms with Crippen molar-refractivity contribution in [1.82, 2.24) is 15.1 Å². The summed E-state index contributed by atoms with van der Waals surface area (Å²) >= 11 is 0. The first-order valence-electron chi connectivity index (χ1n) is 8.39. The van der Waals surface area contributed by atoms with Gasteiger partial charge in [0.05, 0.1) is 25.5 Å². The number of aliphatic hydroxyl groups is 1. The second-order valence-corrected chi connectivity index (χ2v) is 6.20. The summed E-state index contributed by atoms with van der Waals surface area (Å²) in [4.78, 5) is 0. The van der Waals surface area contributed by atoms with Crippen LogP contribution in [0.25, 0.3) is 0 Å². The molecule has 2 N–H and O–H groups in total. The normalized spacial score (nSPS) is 17.2. The first kappa shape index (κ1) is 16.9. The van der Waals surface area contributed by atoms with Crippen molar-refractivity contribution >= 4 is 0 Å². The standard InChI is InChI=1S/C18H24FN3O2/c1-12-16(13(2)22(21-12)7-8-23)11-20-17-4-3-9-24-18-6-5-14(19)10-15(17)18/h5-6,10,17,20,23H,3-4,7-9,11H2,1-2H3/t17-/m0/s1. The zero-order valence-electron chi connectivity index (χ0n) is 14.2. The molecule has 2 aromatic rings. The van der Waals surface area contributed by atoms with E-state index in [0.29, 0.717) is 19.7 Å². The third-order valence-corrected chi connectivity index (χ3v) is 4.61. The number of nitrogens with zero attached hydrogens (tertiary/aromatic N) is 2. The van der Waals surface area contributed by atoms with Crippen molar-refractivity contribution in [3.8, 4) is 5.75 Å². The third-order valence-electron chi connectivity index (χ3n) is 4.61. The summed E-state index contributed by atoms with van der Waals surface area (Å²) in [5.74, 6) is 0.519. The molecule has 0 saturated carbocycles. The molecule has 1 aromatic carbocycles. The number of fused-ring (bicyclic) bond motifs is 1. The minimum Gasteiger partial charge on any atom is -0.493 e. The molecule has 0 fully saturated rings. The van der Waals surface area contributed by atoms with Gasteiger partial charge in [-0.3, -0.25) is 4.68 Å².